The minimum atomic E-state index is -0.599. The molecule has 0 aromatic heterocycles. The van der Waals surface area contributed by atoms with Crippen LogP contribution in [-0.4, -0.2) is 58.5 Å². The van der Waals surface area contributed by atoms with Crippen LogP contribution in [-0.2, 0) is 9.59 Å². The molecule has 0 saturated heterocycles. The number of nitrogens with two attached hydrogens (primary N) is 8. The average Bonchev–Trinajstić information content (AvgIpc) is 3.85. The van der Waals surface area contributed by atoms with Gasteiger partial charge in [-0.05, 0) is 70.5 Å². The van der Waals surface area contributed by atoms with Crippen LogP contribution in [0.1, 0.15) is 56.4 Å². The zero-order valence-electron chi connectivity index (χ0n) is 27.3. The SMILES string of the molecule is C/C(=N\N=C(N)N)c1cc(NC(=O)C2CC2C(=O)Nc2cc(/C(C)=N/N=C(N)N)cc(/C(C)=N/N=C(N)N)c2)cc(/C(C)=N/N=C(N)N)c1. The predicted octanol–water partition coefficient (Wildman–Crippen LogP) is -1.11. The van der Waals surface area contributed by atoms with E-state index in [0.717, 1.165) is 0 Å². The van der Waals surface area contributed by atoms with Crippen molar-refractivity contribution >= 4 is 69.9 Å². The molecule has 0 bridgehead atoms. The summed E-state index contributed by atoms with van der Waals surface area (Å²) in [6.07, 6.45) is 0.322. The van der Waals surface area contributed by atoms with Gasteiger partial charge in [-0.15, -0.1) is 20.4 Å². The maximum atomic E-state index is 13.3. The second-order valence-electron chi connectivity index (χ2n) is 10.9. The second-order valence-corrected chi connectivity index (χ2v) is 10.9. The summed E-state index contributed by atoms with van der Waals surface area (Å²) in [6.45, 7) is 6.74. The van der Waals surface area contributed by atoms with Gasteiger partial charge in [-0.1, -0.05) is 0 Å². The first-order valence-electron chi connectivity index (χ1n) is 14.5. The third kappa shape index (κ3) is 11.2. The third-order valence-corrected chi connectivity index (χ3v) is 6.80. The number of anilines is 2. The van der Waals surface area contributed by atoms with Crippen LogP contribution in [0.5, 0.6) is 0 Å². The van der Waals surface area contributed by atoms with E-state index in [4.69, 9.17) is 45.9 Å². The van der Waals surface area contributed by atoms with E-state index in [-0.39, 0.29) is 35.7 Å². The Kier molecular flexibility index (Phi) is 12.0. The van der Waals surface area contributed by atoms with E-state index in [9.17, 15) is 9.59 Å². The summed E-state index contributed by atoms with van der Waals surface area (Å²) in [5, 5.41) is 36.5. The van der Waals surface area contributed by atoms with E-state index in [1.807, 2.05) is 0 Å². The minimum absolute atomic E-state index is 0.223. The van der Waals surface area contributed by atoms with Crippen molar-refractivity contribution in [1.29, 1.82) is 0 Å². The molecular weight excluding hydrogens is 632 g/mol. The first kappa shape index (κ1) is 36.6. The molecule has 0 radical (unpaired) electrons. The van der Waals surface area contributed by atoms with Gasteiger partial charge in [0, 0.05) is 33.6 Å². The Morgan fingerprint density at radius 1 is 0.469 bits per heavy atom. The lowest BCUT2D eigenvalue weighted by molar-refractivity contribution is -0.122. The number of hydrogen-bond acceptors (Lipinski definition) is 10. The summed E-state index contributed by atoms with van der Waals surface area (Å²) in [6, 6.07) is 10.2. The second kappa shape index (κ2) is 16.1. The molecule has 1 saturated carbocycles. The molecule has 2 aromatic carbocycles. The van der Waals surface area contributed by atoms with Crippen molar-refractivity contribution in [2.45, 2.75) is 34.1 Å². The number of guanidine groups is 4. The van der Waals surface area contributed by atoms with E-state index in [1.54, 1.807) is 64.1 Å². The Bertz CT molecular complexity index is 1610. The van der Waals surface area contributed by atoms with E-state index in [2.05, 4.69) is 51.4 Å². The van der Waals surface area contributed by atoms with Crippen molar-refractivity contribution in [3.63, 3.8) is 0 Å². The van der Waals surface area contributed by atoms with Crippen molar-refractivity contribution in [3.05, 3.63) is 58.7 Å². The van der Waals surface area contributed by atoms with Crippen LogP contribution in [0.4, 0.5) is 11.4 Å². The Balaban J connectivity index is 1.86. The van der Waals surface area contributed by atoms with Gasteiger partial charge in [0.2, 0.25) is 35.7 Å². The summed E-state index contributed by atoms with van der Waals surface area (Å²) >= 11 is 0. The number of nitrogens with one attached hydrogen (secondary N) is 2. The van der Waals surface area contributed by atoms with Crippen LogP contribution in [0.25, 0.3) is 0 Å². The fraction of sp³-hybridized carbons (Fsp3) is 0.241. The number of rotatable bonds is 12. The molecule has 18 N–H and O–H groups in total. The molecule has 2 aromatic rings. The quantitative estimate of drug-likeness (QED) is 0.0736. The van der Waals surface area contributed by atoms with Crippen molar-refractivity contribution in [3.8, 4) is 0 Å². The van der Waals surface area contributed by atoms with Crippen LogP contribution < -0.4 is 56.5 Å². The summed E-state index contributed by atoms with van der Waals surface area (Å²) < 4.78 is 0. The zero-order valence-corrected chi connectivity index (χ0v) is 27.3. The summed E-state index contributed by atoms with van der Waals surface area (Å²) in [4.78, 5) is 26.6. The lowest BCUT2D eigenvalue weighted by Crippen LogP contribution is -2.22. The highest BCUT2D eigenvalue weighted by Crippen LogP contribution is 2.40. The third-order valence-electron chi connectivity index (χ3n) is 6.80. The largest absolute Gasteiger partial charge is 0.369 e. The highest BCUT2D eigenvalue weighted by molar-refractivity contribution is 6.09. The number of benzene rings is 2. The maximum absolute atomic E-state index is 13.3. The van der Waals surface area contributed by atoms with E-state index >= 15 is 0 Å². The molecule has 20 heteroatoms. The fourth-order valence-electron chi connectivity index (χ4n) is 4.24. The number of hydrogen-bond donors (Lipinski definition) is 10. The van der Waals surface area contributed by atoms with E-state index in [1.165, 1.54) is 0 Å². The lowest BCUT2D eigenvalue weighted by Gasteiger charge is -2.12. The molecule has 0 heterocycles. The minimum Gasteiger partial charge on any atom is -0.369 e. The molecule has 20 nitrogen and oxygen atoms in total. The number of amides is 2. The smallest absolute Gasteiger partial charge is 0.228 e. The number of carbonyl (C=O) groups excluding carboxylic acids is 2. The van der Waals surface area contributed by atoms with Crippen LogP contribution in [0, 0.1) is 11.8 Å². The average molecular weight is 673 g/mol. The van der Waals surface area contributed by atoms with Crippen molar-refractivity contribution in [2.24, 2.45) is 98.5 Å². The topological polar surface area (TPSA) is 365 Å². The fourth-order valence-corrected chi connectivity index (χ4v) is 4.24. The van der Waals surface area contributed by atoms with Gasteiger partial charge in [0.05, 0.1) is 34.7 Å². The van der Waals surface area contributed by atoms with Crippen LogP contribution in [0.2, 0.25) is 0 Å². The summed E-state index contributed by atoms with van der Waals surface area (Å²) in [5.74, 6) is -2.82. The summed E-state index contributed by atoms with van der Waals surface area (Å²) in [7, 11) is 0. The van der Waals surface area contributed by atoms with E-state index < -0.39 is 11.8 Å². The van der Waals surface area contributed by atoms with Gasteiger partial charge in [0.15, 0.2) is 0 Å². The van der Waals surface area contributed by atoms with Crippen molar-refractivity contribution in [1.82, 2.24) is 0 Å². The van der Waals surface area contributed by atoms with Crippen LogP contribution >= 0.6 is 0 Å². The Labute approximate surface area is 281 Å². The Morgan fingerprint density at radius 3 is 0.939 bits per heavy atom. The molecule has 258 valence electrons. The maximum Gasteiger partial charge on any atom is 0.228 e. The molecule has 2 unspecified atom stereocenters. The summed E-state index contributed by atoms with van der Waals surface area (Å²) in [5.41, 5.74) is 48.2. The molecule has 1 aliphatic rings. The zero-order chi connectivity index (χ0) is 36.4. The molecule has 1 fully saturated rings. The highest BCUT2D eigenvalue weighted by atomic mass is 16.2. The van der Waals surface area contributed by atoms with Crippen LogP contribution in [0.15, 0.2) is 77.2 Å². The van der Waals surface area contributed by atoms with Gasteiger partial charge >= 0.3 is 0 Å². The molecular formula is C29H40N18O2. The molecule has 49 heavy (non-hydrogen) atoms. The molecule has 2 amide bonds. The number of carbonyl (C=O) groups is 2. The van der Waals surface area contributed by atoms with Gasteiger partial charge in [0.25, 0.3) is 0 Å². The van der Waals surface area contributed by atoms with Crippen molar-refractivity contribution < 1.29 is 9.59 Å². The molecule has 0 spiro atoms. The van der Waals surface area contributed by atoms with E-state index in [0.29, 0.717) is 62.9 Å². The van der Waals surface area contributed by atoms with Crippen molar-refractivity contribution in [2.75, 3.05) is 10.6 Å². The Morgan fingerprint density at radius 2 is 0.714 bits per heavy atom. The molecule has 0 aliphatic heterocycles. The van der Waals surface area contributed by atoms with Gasteiger partial charge in [0.1, 0.15) is 0 Å². The van der Waals surface area contributed by atoms with Gasteiger partial charge in [-0.3, -0.25) is 9.59 Å². The highest BCUT2D eigenvalue weighted by Gasteiger charge is 2.48. The molecule has 1 aliphatic carbocycles. The van der Waals surface area contributed by atoms with Crippen LogP contribution in [0.3, 0.4) is 0 Å². The van der Waals surface area contributed by atoms with Gasteiger partial charge < -0.3 is 56.5 Å². The predicted molar refractivity (Wildman–Crippen MR) is 194 cm³/mol. The van der Waals surface area contributed by atoms with Gasteiger partial charge in [-0.2, -0.15) is 20.4 Å². The molecule has 2 atom stereocenters. The number of nitrogens with zero attached hydrogens (tertiary/aromatic N) is 8. The monoisotopic (exact) mass is 672 g/mol. The first-order valence-corrected chi connectivity index (χ1v) is 14.5. The first-order chi connectivity index (χ1) is 23.0. The van der Waals surface area contributed by atoms with Gasteiger partial charge in [-0.25, -0.2) is 0 Å². The lowest BCUT2D eigenvalue weighted by atomic mass is 10.0. The Hall–Kier alpha value is -6.86. The molecule has 3 rings (SSSR count). The normalized spacial score (nSPS) is 16.2. The standard InChI is InChI=1S/C29H40N18O2/c1-12(40-44-26(30)31)16-5-17(13(2)41-45-27(32)33)8-20(7-16)38-24(48)22-11-23(22)25(49)39-21-9-18(14(3)42-46-28(34)35)6-19(10-21)15(4)43-47-29(36)37/h5-10,22-23H,11H2,1-4H3,(H,38,48)(H,39,49)(H4,30,31,44)(H4,32,33,45)(H4,34,35,46)(H4,36,37,47)/b40-12+,41-13+,42-14+,43-15+.